The van der Waals surface area contributed by atoms with E-state index in [1.54, 1.807) is 30.3 Å². The summed E-state index contributed by atoms with van der Waals surface area (Å²) in [6.45, 7) is -0.118. The Morgan fingerprint density at radius 2 is 1.89 bits per heavy atom. The van der Waals surface area contributed by atoms with E-state index in [2.05, 4.69) is 0 Å². The molecule has 0 bridgehead atoms. The maximum atomic E-state index is 11.7. The number of para-hydroxylation sites is 1. The number of aliphatic hydroxyl groups excluding tert-OH is 1. The second-order valence-electron chi connectivity index (χ2n) is 3.90. The smallest absolute Gasteiger partial charge is 0.341 e. The fourth-order valence-electron chi connectivity index (χ4n) is 1.64. The number of ether oxygens (including phenoxy) is 2. The maximum absolute atomic E-state index is 11.7. The molecule has 0 radical (unpaired) electrons. The lowest BCUT2D eigenvalue weighted by molar-refractivity contribution is 0.0598. The minimum Gasteiger partial charge on any atom is -0.465 e. The summed E-state index contributed by atoms with van der Waals surface area (Å²) in [5, 5.41) is 9.14. The molecular weight excluding hydrogens is 244 g/mol. The van der Waals surface area contributed by atoms with Gasteiger partial charge >= 0.3 is 5.97 Å². The number of carbonyl (C=O) groups is 1. The minimum atomic E-state index is -0.476. The molecule has 4 nitrogen and oxygen atoms in total. The Balaban J connectivity index is 2.38. The van der Waals surface area contributed by atoms with E-state index < -0.39 is 5.97 Å². The van der Waals surface area contributed by atoms with Crippen LogP contribution in [0.4, 0.5) is 0 Å². The average Bonchev–Trinajstić information content (AvgIpc) is 2.47. The van der Waals surface area contributed by atoms with Crippen molar-refractivity contribution < 1.29 is 19.4 Å². The van der Waals surface area contributed by atoms with E-state index in [9.17, 15) is 4.79 Å². The van der Waals surface area contributed by atoms with Crippen molar-refractivity contribution >= 4 is 5.97 Å². The van der Waals surface area contributed by atoms with Crippen molar-refractivity contribution in [1.29, 1.82) is 0 Å². The van der Waals surface area contributed by atoms with Crippen LogP contribution in [-0.4, -0.2) is 18.2 Å². The van der Waals surface area contributed by atoms with Gasteiger partial charge in [0.15, 0.2) is 0 Å². The topological polar surface area (TPSA) is 55.8 Å². The normalized spacial score (nSPS) is 10.0. The molecule has 0 aliphatic heterocycles. The van der Waals surface area contributed by atoms with Crippen molar-refractivity contribution in [2.24, 2.45) is 0 Å². The molecule has 1 N–H and O–H groups in total. The van der Waals surface area contributed by atoms with Crippen LogP contribution >= 0.6 is 0 Å². The number of rotatable bonds is 4. The van der Waals surface area contributed by atoms with E-state index in [0.717, 1.165) is 0 Å². The van der Waals surface area contributed by atoms with Gasteiger partial charge in [0.1, 0.15) is 17.1 Å². The Morgan fingerprint density at radius 1 is 1.16 bits per heavy atom. The Labute approximate surface area is 111 Å². The summed E-state index contributed by atoms with van der Waals surface area (Å²) < 4.78 is 10.4. The number of methoxy groups -OCH3 is 1. The third-order valence-corrected chi connectivity index (χ3v) is 2.60. The molecule has 0 atom stereocenters. The third-order valence-electron chi connectivity index (χ3n) is 2.60. The molecule has 0 amide bonds. The minimum absolute atomic E-state index is 0.118. The monoisotopic (exact) mass is 258 g/mol. The van der Waals surface area contributed by atoms with Gasteiger partial charge in [0, 0.05) is 0 Å². The predicted octanol–water partition coefficient (Wildman–Crippen LogP) is 2.76. The van der Waals surface area contributed by atoms with Gasteiger partial charge in [-0.05, 0) is 29.8 Å². The van der Waals surface area contributed by atoms with E-state index in [0.29, 0.717) is 22.6 Å². The quantitative estimate of drug-likeness (QED) is 0.857. The summed E-state index contributed by atoms with van der Waals surface area (Å²) in [6.07, 6.45) is 0. The van der Waals surface area contributed by atoms with E-state index >= 15 is 0 Å². The highest BCUT2D eigenvalue weighted by atomic mass is 16.5. The van der Waals surface area contributed by atoms with Crippen LogP contribution in [0.2, 0.25) is 0 Å². The summed E-state index contributed by atoms with van der Waals surface area (Å²) in [5.74, 6) is 0.503. The van der Waals surface area contributed by atoms with Crippen molar-refractivity contribution in [3.63, 3.8) is 0 Å². The first kappa shape index (κ1) is 13.1. The lowest BCUT2D eigenvalue weighted by atomic mass is 10.1. The van der Waals surface area contributed by atoms with Gasteiger partial charge in [-0.3, -0.25) is 0 Å². The van der Waals surface area contributed by atoms with Gasteiger partial charge in [-0.2, -0.15) is 0 Å². The summed E-state index contributed by atoms with van der Waals surface area (Å²) in [5.41, 5.74) is 0.988. The van der Waals surface area contributed by atoms with Gasteiger partial charge in [0.05, 0.1) is 13.7 Å². The fourth-order valence-corrected chi connectivity index (χ4v) is 1.64. The van der Waals surface area contributed by atoms with Gasteiger partial charge in [0.2, 0.25) is 0 Å². The molecule has 2 rings (SSSR count). The van der Waals surface area contributed by atoms with Crippen LogP contribution < -0.4 is 4.74 Å². The Morgan fingerprint density at radius 3 is 2.53 bits per heavy atom. The van der Waals surface area contributed by atoms with Crippen molar-refractivity contribution in [3.05, 3.63) is 59.7 Å². The van der Waals surface area contributed by atoms with Gasteiger partial charge in [-0.15, -0.1) is 0 Å². The van der Waals surface area contributed by atoms with Gasteiger partial charge < -0.3 is 14.6 Å². The van der Waals surface area contributed by atoms with Crippen molar-refractivity contribution in [3.8, 4) is 11.5 Å². The second-order valence-corrected chi connectivity index (χ2v) is 3.90. The van der Waals surface area contributed by atoms with Crippen molar-refractivity contribution in [2.75, 3.05) is 7.11 Å². The van der Waals surface area contributed by atoms with Crippen molar-refractivity contribution in [2.45, 2.75) is 6.61 Å². The van der Waals surface area contributed by atoms with Gasteiger partial charge in [-0.1, -0.05) is 24.3 Å². The number of esters is 1. The summed E-state index contributed by atoms with van der Waals surface area (Å²) in [4.78, 5) is 11.7. The highest BCUT2D eigenvalue weighted by Crippen LogP contribution is 2.27. The molecule has 19 heavy (non-hydrogen) atoms. The fraction of sp³-hybridized carbons (Fsp3) is 0.133. The molecule has 0 aliphatic rings. The van der Waals surface area contributed by atoms with Crippen LogP contribution in [0, 0.1) is 0 Å². The second kappa shape index (κ2) is 6.02. The first-order valence-corrected chi connectivity index (χ1v) is 5.79. The van der Waals surface area contributed by atoms with Crippen LogP contribution in [0.1, 0.15) is 15.9 Å². The number of carbonyl (C=O) groups excluding carboxylic acids is 1. The molecular formula is C15H14O4. The summed E-state index contributed by atoms with van der Waals surface area (Å²) >= 11 is 0. The van der Waals surface area contributed by atoms with E-state index in [4.69, 9.17) is 14.6 Å². The molecule has 0 saturated carbocycles. The van der Waals surface area contributed by atoms with Crippen LogP contribution in [0.3, 0.4) is 0 Å². The van der Waals surface area contributed by atoms with E-state index in [1.165, 1.54) is 7.11 Å². The summed E-state index contributed by atoms with van der Waals surface area (Å²) in [6, 6.07) is 14.0. The lowest BCUT2D eigenvalue weighted by Gasteiger charge is -2.11. The molecule has 4 heteroatoms. The molecule has 0 heterocycles. The average molecular weight is 258 g/mol. The third kappa shape index (κ3) is 3.11. The van der Waals surface area contributed by atoms with Crippen LogP contribution in [0.5, 0.6) is 11.5 Å². The Kier molecular flexibility index (Phi) is 4.15. The molecule has 98 valence electrons. The molecule has 0 aliphatic carbocycles. The predicted molar refractivity (Wildman–Crippen MR) is 70.2 cm³/mol. The molecule has 0 saturated heterocycles. The van der Waals surface area contributed by atoms with Crippen LogP contribution in [-0.2, 0) is 11.3 Å². The van der Waals surface area contributed by atoms with Crippen LogP contribution in [0.25, 0.3) is 0 Å². The Hall–Kier alpha value is -2.33. The standard InChI is InChI=1S/C15H14O4/c1-18-15(17)13-8-7-11(10-16)9-14(13)19-12-5-3-2-4-6-12/h2-9,16H,10H2,1H3. The largest absolute Gasteiger partial charge is 0.465 e. The first-order chi connectivity index (χ1) is 9.24. The Bertz CT molecular complexity index is 564. The van der Waals surface area contributed by atoms with E-state index in [1.807, 2.05) is 18.2 Å². The zero-order valence-corrected chi connectivity index (χ0v) is 10.5. The van der Waals surface area contributed by atoms with Gasteiger partial charge in [0.25, 0.3) is 0 Å². The highest BCUT2D eigenvalue weighted by Gasteiger charge is 2.14. The SMILES string of the molecule is COC(=O)c1ccc(CO)cc1Oc1ccccc1. The zero-order chi connectivity index (χ0) is 13.7. The zero-order valence-electron chi connectivity index (χ0n) is 10.5. The number of aliphatic hydroxyl groups is 1. The number of benzene rings is 2. The highest BCUT2D eigenvalue weighted by molar-refractivity contribution is 5.92. The van der Waals surface area contributed by atoms with E-state index in [-0.39, 0.29) is 6.61 Å². The number of hydrogen-bond donors (Lipinski definition) is 1. The number of hydrogen-bond acceptors (Lipinski definition) is 4. The molecule has 2 aromatic rings. The van der Waals surface area contributed by atoms with Gasteiger partial charge in [-0.25, -0.2) is 4.79 Å². The lowest BCUT2D eigenvalue weighted by Crippen LogP contribution is -2.04. The molecule has 0 fully saturated rings. The molecule has 0 unspecified atom stereocenters. The molecule has 2 aromatic carbocycles. The van der Waals surface area contributed by atoms with Crippen LogP contribution in [0.15, 0.2) is 48.5 Å². The summed E-state index contributed by atoms with van der Waals surface area (Å²) in [7, 11) is 1.31. The maximum Gasteiger partial charge on any atom is 0.341 e. The molecule has 0 aromatic heterocycles. The molecule has 0 spiro atoms. The van der Waals surface area contributed by atoms with Crippen molar-refractivity contribution in [1.82, 2.24) is 0 Å². The first-order valence-electron chi connectivity index (χ1n) is 5.79.